The molecular formula is C12H21IO. The molecule has 0 spiro atoms. The van der Waals surface area contributed by atoms with Crippen LogP contribution in [0.1, 0.15) is 46.5 Å². The molecule has 14 heavy (non-hydrogen) atoms. The van der Waals surface area contributed by atoms with Crippen molar-refractivity contribution < 1.29 is 4.74 Å². The molecule has 1 aliphatic carbocycles. The third kappa shape index (κ3) is 1.62. The zero-order valence-corrected chi connectivity index (χ0v) is 11.6. The second kappa shape index (κ2) is 3.93. The highest BCUT2D eigenvalue weighted by Crippen LogP contribution is 2.52. The first-order valence-corrected chi connectivity index (χ1v) is 7.00. The number of ether oxygens (including phenoxy) is 1. The zero-order chi connectivity index (χ0) is 10.3. The standard InChI is InChI=1S/C12H21IO/c1-4-12(13)9(3)14-11-6-5-8(2)7-10(11)12/h8-11H,4-7H2,1-3H3. The minimum atomic E-state index is 0.414. The summed E-state index contributed by atoms with van der Waals surface area (Å²) in [5, 5.41) is 0. The van der Waals surface area contributed by atoms with Crippen LogP contribution in [0, 0.1) is 11.8 Å². The highest BCUT2D eigenvalue weighted by atomic mass is 127. The lowest BCUT2D eigenvalue weighted by Crippen LogP contribution is -2.39. The normalized spacial score (nSPS) is 53.1. The van der Waals surface area contributed by atoms with Gasteiger partial charge in [0, 0.05) is 5.92 Å². The Hall–Kier alpha value is 0.690. The van der Waals surface area contributed by atoms with Gasteiger partial charge in [0.1, 0.15) is 0 Å². The Kier molecular flexibility index (Phi) is 3.14. The van der Waals surface area contributed by atoms with Crippen molar-refractivity contribution in [1.82, 2.24) is 0 Å². The van der Waals surface area contributed by atoms with Gasteiger partial charge in [0.2, 0.25) is 0 Å². The van der Waals surface area contributed by atoms with Crippen molar-refractivity contribution in [2.24, 2.45) is 11.8 Å². The Labute approximate surface area is 101 Å². The van der Waals surface area contributed by atoms with E-state index in [4.69, 9.17) is 4.74 Å². The average molecular weight is 308 g/mol. The Bertz CT molecular complexity index is 218. The summed E-state index contributed by atoms with van der Waals surface area (Å²) in [5.41, 5.74) is 0. The molecule has 2 aliphatic rings. The molecule has 0 N–H and O–H groups in total. The van der Waals surface area contributed by atoms with Gasteiger partial charge in [0.05, 0.1) is 15.6 Å². The average Bonchev–Trinajstić information content (AvgIpc) is 2.41. The van der Waals surface area contributed by atoms with Crippen LogP contribution in [0.25, 0.3) is 0 Å². The number of alkyl halides is 1. The summed E-state index contributed by atoms with van der Waals surface area (Å²) in [4.78, 5) is 0. The fraction of sp³-hybridized carbons (Fsp3) is 1.00. The molecule has 5 unspecified atom stereocenters. The van der Waals surface area contributed by atoms with E-state index >= 15 is 0 Å². The molecule has 82 valence electrons. The van der Waals surface area contributed by atoms with E-state index in [0.29, 0.717) is 15.6 Å². The van der Waals surface area contributed by atoms with Crippen molar-refractivity contribution in [3.05, 3.63) is 0 Å². The van der Waals surface area contributed by atoms with Crippen molar-refractivity contribution in [3.63, 3.8) is 0 Å². The molecule has 0 aromatic heterocycles. The fourth-order valence-electron chi connectivity index (χ4n) is 3.25. The Morgan fingerprint density at radius 2 is 2.07 bits per heavy atom. The second-order valence-electron chi connectivity index (χ2n) is 5.12. The van der Waals surface area contributed by atoms with Crippen LogP contribution in [0.5, 0.6) is 0 Å². The van der Waals surface area contributed by atoms with Crippen LogP contribution in [-0.2, 0) is 4.74 Å². The van der Waals surface area contributed by atoms with Crippen LogP contribution in [0.4, 0.5) is 0 Å². The molecule has 5 atom stereocenters. The molecule has 1 saturated heterocycles. The van der Waals surface area contributed by atoms with Crippen molar-refractivity contribution in [1.29, 1.82) is 0 Å². The molecule has 1 aliphatic heterocycles. The van der Waals surface area contributed by atoms with Crippen LogP contribution >= 0.6 is 22.6 Å². The van der Waals surface area contributed by atoms with Gasteiger partial charge in [-0.2, -0.15) is 0 Å². The first-order valence-electron chi connectivity index (χ1n) is 5.92. The van der Waals surface area contributed by atoms with Gasteiger partial charge < -0.3 is 4.74 Å². The summed E-state index contributed by atoms with van der Waals surface area (Å²) >= 11 is 2.67. The monoisotopic (exact) mass is 308 g/mol. The van der Waals surface area contributed by atoms with Crippen LogP contribution in [-0.4, -0.2) is 15.6 Å². The van der Waals surface area contributed by atoms with E-state index in [0.717, 1.165) is 11.8 Å². The predicted octanol–water partition coefficient (Wildman–Crippen LogP) is 3.79. The third-order valence-corrected chi connectivity index (χ3v) is 6.70. The van der Waals surface area contributed by atoms with Crippen LogP contribution in [0.15, 0.2) is 0 Å². The van der Waals surface area contributed by atoms with E-state index in [1.807, 2.05) is 0 Å². The minimum absolute atomic E-state index is 0.414. The molecule has 1 heterocycles. The molecule has 0 aromatic carbocycles. The zero-order valence-electron chi connectivity index (χ0n) is 9.42. The SMILES string of the molecule is CCC1(I)C(C)OC2CCC(C)CC21. The molecule has 0 bridgehead atoms. The van der Waals surface area contributed by atoms with Gasteiger partial charge in [-0.05, 0) is 38.5 Å². The van der Waals surface area contributed by atoms with Gasteiger partial charge in [0.25, 0.3) is 0 Å². The summed E-state index contributed by atoms with van der Waals surface area (Å²) in [5.74, 6) is 1.72. The molecule has 0 amide bonds. The maximum Gasteiger partial charge on any atom is 0.0700 e. The van der Waals surface area contributed by atoms with E-state index in [1.54, 1.807) is 0 Å². The summed E-state index contributed by atoms with van der Waals surface area (Å²) in [6.07, 6.45) is 6.31. The van der Waals surface area contributed by atoms with Gasteiger partial charge in [-0.25, -0.2) is 0 Å². The summed E-state index contributed by atoms with van der Waals surface area (Å²) in [6, 6.07) is 0. The molecule has 1 saturated carbocycles. The maximum atomic E-state index is 6.11. The summed E-state index contributed by atoms with van der Waals surface area (Å²) in [7, 11) is 0. The molecule has 1 nitrogen and oxygen atoms in total. The van der Waals surface area contributed by atoms with Gasteiger partial charge >= 0.3 is 0 Å². The number of fused-ring (bicyclic) bond motifs is 1. The number of hydrogen-bond donors (Lipinski definition) is 0. The molecule has 0 aromatic rings. The van der Waals surface area contributed by atoms with Gasteiger partial charge in [-0.1, -0.05) is 36.4 Å². The Morgan fingerprint density at radius 1 is 1.36 bits per heavy atom. The van der Waals surface area contributed by atoms with Gasteiger partial charge in [-0.3, -0.25) is 0 Å². The Morgan fingerprint density at radius 3 is 2.71 bits per heavy atom. The first kappa shape index (κ1) is 11.2. The Balaban J connectivity index is 2.18. The van der Waals surface area contributed by atoms with E-state index in [-0.39, 0.29) is 0 Å². The van der Waals surface area contributed by atoms with Crippen LogP contribution in [0.3, 0.4) is 0 Å². The quantitative estimate of drug-likeness (QED) is 0.529. The van der Waals surface area contributed by atoms with Crippen molar-refractivity contribution in [2.45, 2.75) is 62.1 Å². The van der Waals surface area contributed by atoms with E-state index in [2.05, 4.69) is 43.4 Å². The fourth-order valence-corrected chi connectivity index (χ4v) is 4.05. The minimum Gasteiger partial charge on any atom is -0.374 e. The number of halogens is 1. The number of hydrogen-bond acceptors (Lipinski definition) is 1. The van der Waals surface area contributed by atoms with Gasteiger partial charge in [-0.15, -0.1) is 0 Å². The van der Waals surface area contributed by atoms with Crippen molar-refractivity contribution in [2.75, 3.05) is 0 Å². The van der Waals surface area contributed by atoms with E-state index < -0.39 is 0 Å². The predicted molar refractivity (Wildman–Crippen MR) is 67.9 cm³/mol. The summed E-state index contributed by atoms with van der Waals surface area (Å²) in [6.45, 7) is 6.97. The molecule has 2 heteroatoms. The molecule has 2 fully saturated rings. The largest absolute Gasteiger partial charge is 0.374 e. The van der Waals surface area contributed by atoms with E-state index in [1.165, 1.54) is 25.7 Å². The van der Waals surface area contributed by atoms with Crippen LogP contribution in [0.2, 0.25) is 0 Å². The smallest absolute Gasteiger partial charge is 0.0700 e. The lowest BCUT2D eigenvalue weighted by molar-refractivity contribution is 0.0186. The summed E-state index contributed by atoms with van der Waals surface area (Å²) < 4.78 is 6.53. The maximum absolute atomic E-state index is 6.11. The highest BCUT2D eigenvalue weighted by Gasteiger charge is 2.52. The van der Waals surface area contributed by atoms with Crippen molar-refractivity contribution >= 4 is 22.6 Å². The second-order valence-corrected chi connectivity index (χ2v) is 7.13. The molecule has 2 rings (SSSR count). The third-order valence-electron chi connectivity index (χ3n) is 4.26. The van der Waals surface area contributed by atoms with E-state index in [9.17, 15) is 0 Å². The van der Waals surface area contributed by atoms with Gasteiger partial charge in [0.15, 0.2) is 0 Å². The number of rotatable bonds is 1. The topological polar surface area (TPSA) is 9.23 Å². The highest BCUT2D eigenvalue weighted by molar-refractivity contribution is 14.1. The molecular weight excluding hydrogens is 287 g/mol. The lowest BCUT2D eigenvalue weighted by atomic mass is 9.74. The molecule has 0 radical (unpaired) electrons. The first-order chi connectivity index (χ1) is 6.58. The van der Waals surface area contributed by atoms with Crippen molar-refractivity contribution in [3.8, 4) is 0 Å². The lowest BCUT2D eigenvalue weighted by Gasteiger charge is -2.36. The van der Waals surface area contributed by atoms with Crippen LogP contribution < -0.4 is 0 Å².